The van der Waals surface area contributed by atoms with Crippen LogP contribution in [0, 0.1) is 0 Å². The molecular weight excluding hydrogens is 387 g/mol. The molecule has 0 spiro atoms. The largest absolute Gasteiger partial charge is 0.507 e. The number of carbonyl (C=O) groups excluding carboxylic acids is 1. The lowest BCUT2D eigenvalue weighted by Gasteiger charge is -2.27. The van der Waals surface area contributed by atoms with Gasteiger partial charge in [-0.2, -0.15) is 0 Å². The Morgan fingerprint density at radius 2 is 1.59 bits per heavy atom. The Labute approximate surface area is 176 Å². The fourth-order valence-corrected chi connectivity index (χ4v) is 4.27. The predicted molar refractivity (Wildman–Crippen MR) is 120 cm³/mol. The van der Waals surface area contributed by atoms with Gasteiger partial charge in [0.05, 0.1) is 6.61 Å². The van der Waals surface area contributed by atoms with E-state index >= 15 is 0 Å². The maximum atomic E-state index is 12.5. The smallest absolute Gasteiger partial charge is 0.331 e. The summed E-state index contributed by atoms with van der Waals surface area (Å²) in [5.74, 6) is 0.00634. The molecule has 2 unspecified atom stereocenters. The van der Waals surface area contributed by atoms with Crippen molar-refractivity contribution in [3.8, 4) is 5.75 Å². The minimum Gasteiger partial charge on any atom is -0.507 e. The number of phenolic OH excluding ortho intramolecular Hbond substituents is 1. The third-order valence-corrected chi connectivity index (χ3v) is 6.68. The van der Waals surface area contributed by atoms with Crippen molar-refractivity contribution in [2.45, 2.75) is 79.2 Å². The zero-order valence-corrected chi connectivity index (χ0v) is 20.2. The van der Waals surface area contributed by atoms with Gasteiger partial charge < -0.3 is 9.63 Å². The monoisotopic (exact) mass is 424 g/mol. The van der Waals surface area contributed by atoms with Crippen LogP contribution in [-0.4, -0.2) is 29.8 Å². The maximum Gasteiger partial charge on any atom is 0.331 e. The van der Waals surface area contributed by atoms with E-state index in [2.05, 4.69) is 0 Å². The van der Waals surface area contributed by atoms with E-state index in [9.17, 15) is 14.5 Å². The molecule has 0 saturated heterocycles. The number of aromatic hydroxyl groups is 1. The number of ketones is 1. The molecule has 5 nitrogen and oxygen atoms in total. The average molecular weight is 425 g/mol. The molecular formula is C23H37O5P. The van der Waals surface area contributed by atoms with Gasteiger partial charge in [-0.3, -0.25) is 13.9 Å². The van der Waals surface area contributed by atoms with Gasteiger partial charge in [0.1, 0.15) is 11.9 Å². The second-order valence-corrected chi connectivity index (χ2v) is 11.6. The Morgan fingerprint density at radius 1 is 1.10 bits per heavy atom. The molecule has 1 aromatic carbocycles. The van der Waals surface area contributed by atoms with Gasteiger partial charge in [-0.25, -0.2) is 0 Å². The van der Waals surface area contributed by atoms with E-state index in [1.807, 2.05) is 53.7 Å². The van der Waals surface area contributed by atoms with Crippen LogP contribution in [0.3, 0.4) is 0 Å². The highest BCUT2D eigenvalue weighted by molar-refractivity contribution is 7.53. The van der Waals surface area contributed by atoms with Crippen molar-refractivity contribution in [3.05, 3.63) is 34.9 Å². The highest BCUT2D eigenvalue weighted by Gasteiger charge is 2.28. The number of phenols is 1. The summed E-state index contributed by atoms with van der Waals surface area (Å²) in [5, 5.41) is 10.8. The van der Waals surface area contributed by atoms with E-state index < -0.39 is 13.7 Å². The molecule has 164 valence electrons. The summed E-state index contributed by atoms with van der Waals surface area (Å²) in [5.41, 5.74) is 1.97. The topological polar surface area (TPSA) is 72.8 Å². The van der Waals surface area contributed by atoms with Gasteiger partial charge in [0.15, 0.2) is 5.78 Å². The van der Waals surface area contributed by atoms with Crippen molar-refractivity contribution in [1.82, 2.24) is 0 Å². The van der Waals surface area contributed by atoms with Crippen LogP contribution in [0.5, 0.6) is 5.75 Å². The van der Waals surface area contributed by atoms with Crippen molar-refractivity contribution in [3.63, 3.8) is 0 Å². The van der Waals surface area contributed by atoms with Gasteiger partial charge in [0, 0.05) is 17.3 Å². The van der Waals surface area contributed by atoms with Crippen molar-refractivity contribution in [2.24, 2.45) is 0 Å². The van der Waals surface area contributed by atoms with Crippen LogP contribution < -0.4 is 0 Å². The minimum atomic E-state index is -3.26. The van der Waals surface area contributed by atoms with Crippen LogP contribution in [0.1, 0.15) is 79.0 Å². The average Bonchev–Trinajstić information content (AvgIpc) is 2.58. The summed E-state index contributed by atoms with van der Waals surface area (Å²) in [4.78, 5) is 12.5. The van der Waals surface area contributed by atoms with Crippen LogP contribution in [-0.2, 0) is 29.2 Å². The molecule has 0 aliphatic heterocycles. The van der Waals surface area contributed by atoms with E-state index in [1.165, 1.54) is 6.08 Å². The first kappa shape index (κ1) is 25.6. The lowest BCUT2D eigenvalue weighted by atomic mass is 9.78. The van der Waals surface area contributed by atoms with Gasteiger partial charge >= 0.3 is 7.60 Å². The summed E-state index contributed by atoms with van der Waals surface area (Å²) < 4.78 is 23.1. The highest BCUT2D eigenvalue weighted by Crippen LogP contribution is 2.48. The van der Waals surface area contributed by atoms with Crippen LogP contribution in [0.2, 0.25) is 0 Å². The van der Waals surface area contributed by atoms with Gasteiger partial charge in [0.2, 0.25) is 0 Å². The first-order chi connectivity index (χ1) is 13.1. The number of hydrogen-bond donors (Lipinski definition) is 1. The normalized spacial score (nSPS) is 16.0. The molecule has 0 aliphatic carbocycles. The summed E-state index contributed by atoms with van der Waals surface area (Å²) in [6.07, 6.45) is 2.49. The van der Waals surface area contributed by atoms with Crippen molar-refractivity contribution < 1.29 is 23.5 Å². The molecule has 0 aromatic heterocycles. The summed E-state index contributed by atoms with van der Waals surface area (Å²) in [6, 6.07) is 3.80. The Bertz CT molecular complexity index is 761. The summed E-state index contributed by atoms with van der Waals surface area (Å²) in [7, 11) is -3.26. The van der Waals surface area contributed by atoms with E-state index in [4.69, 9.17) is 9.05 Å². The molecule has 1 aromatic rings. The van der Waals surface area contributed by atoms with E-state index in [0.29, 0.717) is 5.75 Å². The molecule has 6 heteroatoms. The number of benzene rings is 1. The molecule has 29 heavy (non-hydrogen) atoms. The van der Waals surface area contributed by atoms with Crippen molar-refractivity contribution in [1.29, 1.82) is 0 Å². The number of hydrogen-bond acceptors (Lipinski definition) is 5. The molecule has 1 rings (SSSR count). The third-order valence-electron chi connectivity index (χ3n) is 4.62. The lowest BCUT2D eigenvalue weighted by molar-refractivity contribution is -0.120. The second kappa shape index (κ2) is 9.59. The van der Waals surface area contributed by atoms with Crippen molar-refractivity contribution >= 4 is 19.5 Å². The Kier molecular flexibility index (Phi) is 8.47. The van der Waals surface area contributed by atoms with Gasteiger partial charge in [-0.15, -0.1) is 0 Å². The van der Waals surface area contributed by atoms with Crippen LogP contribution in [0.15, 0.2) is 18.2 Å². The quantitative estimate of drug-likeness (QED) is 0.396. The molecule has 0 radical (unpaired) electrons. The van der Waals surface area contributed by atoms with E-state index in [1.54, 1.807) is 26.8 Å². The molecule has 0 bridgehead atoms. The fraction of sp³-hybridized carbons (Fsp3) is 0.609. The van der Waals surface area contributed by atoms with Crippen molar-refractivity contribution in [2.75, 3.05) is 12.8 Å². The molecule has 0 heterocycles. The lowest BCUT2D eigenvalue weighted by Crippen LogP contribution is -2.19. The van der Waals surface area contributed by atoms with E-state index in [-0.39, 0.29) is 29.4 Å². The fourth-order valence-electron chi connectivity index (χ4n) is 2.90. The molecule has 0 amide bonds. The number of carbonyl (C=O) groups is 1. The van der Waals surface area contributed by atoms with Gasteiger partial charge in [-0.1, -0.05) is 54.5 Å². The van der Waals surface area contributed by atoms with Crippen LogP contribution in [0.4, 0.5) is 0 Å². The maximum absolute atomic E-state index is 12.5. The highest BCUT2D eigenvalue weighted by atomic mass is 31.2. The van der Waals surface area contributed by atoms with E-state index in [0.717, 1.165) is 16.7 Å². The zero-order chi connectivity index (χ0) is 22.6. The Hall–Kier alpha value is -1.42. The predicted octanol–water partition coefficient (Wildman–Crippen LogP) is 6.22. The second-order valence-electron chi connectivity index (χ2n) is 9.29. The molecule has 0 saturated carbocycles. The minimum absolute atomic E-state index is 0.212. The van der Waals surface area contributed by atoms with Gasteiger partial charge in [0.25, 0.3) is 0 Å². The third kappa shape index (κ3) is 7.09. The molecule has 2 atom stereocenters. The molecule has 0 aliphatic rings. The Morgan fingerprint density at radius 3 is 1.97 bits per heavy atom. The standard InChI is InChI=1S/C23H37O5P/c1-10-27-29(26,11-2)28-16(3)20(24)13-12-17-14-18(22(4,5)6)21(25)19(15-17)23(7,8)9/h12-16,25H,10-11H2,1-9H3. The summed E-state index contributed by atoms with van der Waals surface area (Å²) >= 11 is 0. The zero-order valence-electron chi connectivity index (χ0n) is 19.3. The first-order valence-electron chi connectivity index (χ1n) is 10.2. The first-order valence-corrected chi connectivity index (χ1v) is 11.9. The summed E-state index contributed by atoms with van der Waals surface area (Å²) in [6.45, 7) is 17.5. The van der Waals surface area contributed by atoms with Crippen LogP contribution >= 0.6 is 7.60 Å². The number of rotatable bonds is 8. The Balaban J connectivity index is 3.21. The molecule has 0 fully saturated rings. The SMILES string of the molecule is CCOP(=O)(CC)OC(C)C(=O)C=Cc1cc(C(C)(C)C)c(O)c(C(C)(C)C)c1. The van der Waals surface area contributed by atoms with Gasteiger partial charge in [-0.05, 0) is 48.4 Å². The van der Waals surface area contributed by atoms with Crippen LogP contribution in [0.25, 0.3) is 6.08 Å². The molecule has 1 N–H and O–H groups in total.